The van der Waals surface area contributed by atoms with E-state index < -0.39 is 5.97 Å². The Morgan fingerprint density at radius 3 is 2.83 bits per heavy atom. The number of carboxylic acid groups (broad SMARTS) is 1. The van der Waals surface area contributed by atoms with Crippen LogP contribution >= 0.6 is 0 Å². The molecule has 3 N–H and O–H groups in total. The van der Waals surface area contributed by atoms with E-state index in [9.17, 15) is 9.59 Å². The van der Waals surface area contributed by atoms with Gasteiger partial charge in [-0.05, 0) is 43.2 Å². The Bertz CT molecular complexity index is 1280. The van der Waals surface area contributed by atoms with E-state index in [1.807, 2.05) is 36.4 Å². The van der Waals surface area contributed by atoms with Gasteiger partial charge >= 0.3 is 11.7 Å². The number of aromatic amines is 2. The zero-order valence-corrected chi connectivity index (χ0v) is 16.0. The molecule has 30 heavy (non-hydrogen) atoms. The monoisotopic (exact) mass is 405 g/mol. The number of fused-ring (bicyclic) bond motifs is 2. The Hall–Kier alpha value is -4.01. The van der Waals surface area contributed by atoms with Crippen molar-refractivity contribution in [1.29, 1.82) is 0 Å². The minimum absolute atomic E-state index is 0.107. The van der Waals surface area contributed by atoms with Crippen LogP contribution in [0.25, 0.3) is 22.1 Å². The van der Waals surface area contributed by atoms with Crippen LogP contribution in [-0.4, -0.2) is 43.3 Å². The molecule has 9 nitrogen and oxygen atoms in total. The van der Waals surface area contributed by atoms with Crippen LogP contribution < -0.4 is 5.69 Å². The van der Waals surface area contributed by atoms with Crippen molar-refractivity contribution in [2.24, 2.45) is 5.16 Å². The third kappa shape index (κ3) is 4.35. The first-order valence-electron chi connectivity index (χ1n) is 9.45. The van der Waals surface area contributed by atoms with Gasteiger partial charge in [0.05, 0.1) is 11.0 Å². The lowest BCUT2D eigenvalue weighted by Gasteiger charge is -2.08. The first-order valence-corrected chi connectivity index (χ1v) is 9.45. The van der Waals surface area contributed by atoms with Crippen molar-refractivity contribution in [3.05, 3.63) is 70.4 Å². The molecule has 1 aromatic carbocycles. The molecule has 0 unspecified atom stereocenters. The van der Waals surface area contributed by atoms with Gasteiger partial charge in [0.2, 0.25) is 0 Å². The van der Waals surface area contributed by atoms with Crippen molar-refractivity contribution in [3.8, 4) is 0 Å². The molecule has 4 aromatic rings. The predicted molar refractivity (Wildman–Crippen MR) is 112 cm³/mol. The summed E-state index contributed by atoms with van der Waals surface area (Å²) in [5, 5.41) is 13.8. The maximum Gasteiger partial charge on any atom is 0.325 e. The summed E-state index contributed by atoms with van der Waals surface area (Å²) in [5.41, 5.74) is 3.76. The summed E-state index contributed by atoms with van der Waals surface area (Å²) in [6.45, 7) is 0.317. The fourth-order valence-electron chi connectivity index (χ4n) is 3.10. The smallest absolute Gasteiger partial charge is 0.325 e. The predicted octanol–water partition coefficient (Wildman–Crippen LogP) is 2.82. The van der Waals surface area contributed by atoms with Gasteiger partial charge in [-0.15, -0.1) is 0 Å². The van der Waals surface area contributed by atoms with E-state index in [0.717, 1.165) is 22.0 Å². The topological polar surface area (TPSA) is 133 Å². The number of nitrogens with one attached hydrogen (secondary N) is 2. The third-order valence-electron chi connectivity index (χ3n) is 4.54. The van der Waals surface area contributed by atoms with Crippen molar-refractivity contribution < 1.29 is 14.7 Å². The van der Waals surface area contributed by atoms with Crippen LogP contribution in [0.2, 0.25) is 0 Å². The lowest BCUT2D eigenvalue weighted by molar-refractivity contribution is -0.137. The SMILES string of the molecule is O=C(O)CCCCO/N=C(\c1cccnc1)c1ccc2nc3[nH]c(=O)[nH]c3cc2c1. The van der Waals surface area contributed by atoms with E-state index in [4.69, 9.17) is 9.94 Å². The Morgan fingerprint density at radius 1 is 1.13 bits per heavy atom. The van der Waals surface area contributed by atoms with Gasteiger partial charge in [0, 0.05) is 35.3 Å². The van der Waals surface area contributed by atoms with Gasteiger partial charge in [0.1, 0.15) is 12.3 Å². The Labute approximate surface area is 170 Å². The standard InChI is InChI=1S/C21H19N5O4/c27-18(28)5-1-2-9-30-26-19(14-4-3-8-22-12-14)13-6-7-16-15(10-13)11-17-20(23-16)25-21(29)24-17/h3-4,6-8,10-12H,1-2,5,9H2,(H,27,28)(H2,23,24,25,29)/b26-19-. The van der Waals surface area contributed by atoms with Crippen molar-refractivity contribution in [3.63, 3.8) is 0 Å². The molecule has 0 saturated carbocycles. The third-order valence-corrected chi connectivity index (χ3v) is 4.54. The molecule has 0 bridgehead atoms. The number of unbranched alkanes of at least 4 members (excludes halogenated alkanes) is 1. The highest BCUT2D eigenvalue weighted by Gasteiger charge is 2.11. The van der Waals surface area contributed by atoms with Gasteiger partial charge in [-0.25, -0.2) is 9.78 Å². The second-order valence-corrected chi connectivity index (χ2v) is 6.74. The average Bonchev–Trinajstić information content (AvgIpc) is 3.10. The first-order chi connectivity index (χ1) is 14.6. The summed E-state index contributed by atoms with van der Waals surface area (Å²) in [6.07, 6.45) is 4.60. The van der Waals surface area contributed by atoms with Gasteiger partial charge in [0.25, 0.3) is 0 Å². The van der Waals surface area contributed by atoms with Crippen LogP contribution in [0.5, 0.6) is 0 Å². The zero-order chi connectivity index (χ0) is 20.9. The van der Waals surface area contributed by atoms with E-state index >= 15 is 0 Å². The van der Waals surface area contributed by atoms with E-state index in [2.05, 4.69) is 25.1 Å². The normalized spacial score (nSPS) is 11.8. The summed E-state index contributed by atoms with van der Waals surface area (Å²) in [6, 6.07) is 11.2. The minimum Gasteiger partial charge on any atom is -0.481 e. The maximum atomic E-state index is 11.5. The number of H-pyrrole nitrogens is 2. The highest BCUT2D eigenvalue weighted by Crippen LogP contribution is 2.20. The molecular formula is C21H19N5O4. The van der Waals surface area contributed by atoms with Crippen LogP contribution in [0.3, 0.4) is 0 Å². The highest BCUT2D eigenvalue weighted by atomic mass is 16.6. The summed E-state index contributed by atoms with van der Waals surface area (Å²) < 4.78 is 0. The van der Waals surface area contributed by atoms with Crippen molar-refractivity contribution in [2.75, 3.05) is 6.61 Å². The Morgan fingerprint density at radius 2 is 2.03 bits per heavy atom. The molecule has 0 aliphatic rings. The number of aromatic nitrogens is 4. The number of hydrogen-bond donors (Lipinski definition) is 3. The molecule has 0 amide bonds. The number of pyridine rings is 2. The largest absolute Gasteiger partial charge is 0.481 e. The van der Waals surface area contributed by atoms with Crippen molar-refractivity contribution >= 4 is 33.7 Å². The quantitative estimate of drug-likeness (QED) is 0.234. The molecule has 0 radical (unpaired) electrons. The Balaban J connectivity index is 1.64. The number of aliphatic carboxylic acids is 1. The number of carbonyl (C=O) groups is 1. The van der Waals surface area contributed by atoms with Gasteiger partial charge in [-0.2, -0.15) is 0 Å². The molecule has 3 heterocycles. The summed E-state index contributed by atoms with van der Waals surface area (Å²) >= 11 is 0. The van der Waals surface area contributed by atoms with Gasteiger partial charge < -0.3 is 14.9 Å². The second-order valence-electron chi connectivity index (χ2n) is 6.74. The first kappa shape index (κ1) is 19.3. The van der Waals surface area contributed by atoms with Crippen LogP contribution in [0.4, 0.5) is 0 Å². The number of carboxylic acids is 1. The van der Waals surface area contributed by atoms with E-state index in [-0.39, 0.29) is 12.1 Å². The minimum atomic E-state index is -0.822. The molecule has 0 aliphatic heterocycles. The molecule has 4 rings (SSSR count). The summed E-state index contributed by atoms with van der Waals surface area (Å²) in [7, 11) is 0. The zero-order valence-electron chi connectivity index (χ0n) is 16.0. The molecule has 3 aromatic heterocycles. The molecule has 152 valence electrons. The maximum absolute atomic E-state index is 11.5. The molecule has 0 aliphatic carbocycles. The van der Waals surface area contributed by atoms with Crippen LogP contribution in [-0.2, 0) is 9.63 Å². The Kier molecular flexibility index (Phi) is 5.51. The van der Waals surface area contributed by atoms with Crippen LogP contribution in [0, 0.1) is 0 Å². The number of hydrogen-bond acceptors (Lipinski definition) is 6. The molecular weight excluding hydrogens is 386 g/mol. The van der Waals surface area contributed by atoms with E-state index in [0.29, 0.717) is 36.3 Å². The van der Waals surface area contributed by atoms with Crippen LogP contribution in [0.1, 0.15) is 30.4 Å². The number of rotatable bonds is 8. The molecule has 0 fully saturated rings. The van der Waals surface area contributed by atoms with Gasteiger partial charge in [0.15, 0.2) is 5.65 Å². The van der Waals surface area contributed by atoms with Crippen molar-refractivity contribution in [1.82, 2.24) is 19.9 Å². The molecule has 0 saturated heterocycles. The fraction of sp³-hybridized carbons (Fsp3) is 0.190. The average molecular weight is 405 g/mol. The lowest BCUT2D eigenvalue weighted by Crippen LogP contribution is -2.06. The van der Waals surface area contributed by atoms with Crippen LogP contribution in [0.15, 0.2) is 58.7 Å². The van der Waals surface area contributed by atoms with E-state index in [1.54, 1.807) is 12.4 Å². The summed E-state index contributed by atoms with van der Waals surface area (Å²) in [5.74, 6) is -0.822. The second kappa shape index (κ2) is 8.56. The van der Waals surface area contributed by atoms with Gasteiger partial charge in [-0.1, -0.05) is 11.2 Å². The molecule has 0 spiro atoms. The molecule has 0 atom stereocenters. The van der Waals surface area contributed by atoms with E-state index in [1.165, 1.54) is 0 Å². The highest BCUT2D eigenvalue weighted by molar-refractivity contribution is 6.13. The van der Waals surface area contributed by atoms with Gasteiger partial charge in [-0.3, -0.25) is 14.8 Å². The number of oxime groups is 1. The lowest BCUT2D eigenvalue weighted by atomic mass is 10.0. The number of imidazole rings is 1. The fourth-order valence-corrected chi connectivity index (χ4v) is 3.10. The number of nitrogens with zero attached hydrogens (tertiary/aromatic N) is 3. The van der Waals surface area contributed by atoms with Crippen molar-refractivity contribution in [2.45, 2.75) is 19.3 Å². The number of benzene rings is 1. The summed E-state index contributed by atoms with van der Waals surface area (Å²) in [4.78, 5) is 41.6. The molecule has 9 heteroatoms.